The summed E-state index contributed by atoms with van der Waals surface area (Å²) in [5.74, 6) is 0.326. The lowest BCUT2D eigenvalue weighted by Crippen LogP contribution is -2.48. The summed E-state index contributed by atoms with van der Waals surface area (Å²) >= 11 is 0. The zero-order valence-electron chi connectivity index (χ0n) is 47.5. The van der Waals surface area contributed by atoms with Crippen LogP contribution in [0.15, 0.2) is 0 Å². The summed E-state index contributed by atoms with van der Waals surface area (Å²) in [6.45, 7) is 13.0. The van der Waals surface area contributed by atoms with E-state index in [-0.39, 0.29) is 23.5 Å². The van der Waals surface area contributed by atoms with Gasteiger partial charge in [0.1, 0.15) is 5.78 Å². The largest absolute Gasteiger partial charge is 0.356 e. The van der Waals surface area contributed by atoms with Crippen LogP contribution in [0.25, 0.3) is 0 Å². The molecular formula is C61H121N5O4. The van der Waals surface area contributed by atoms with Crippen LogP contribution < -0.4 is 16.0 Å². The smallest absolute Gasteiger partial charge is 0.221 e. The normalized spacial score (nSPS) is 11.5. The molecule has 0 spiro atoms. The Morgan fingerprint density at radius 1 is 0.243 bits per heavy atom. The Labute approximate surface area is 435 Å². The highest BCUT2D eigenvalue weighted by Gasteiger charge is 2.20. The SMILES string of the molecule is CCCCCCCCCCCCCC(=O)CCN(CCC(=O)NCCCCCCCCCCCC)N(CCC(=O)NCCCCCCCCCCCC)CCC(=O)NCCCCCCCCCCCC. The molecule has 0 saturated heterocycles. The van der Waals surface area contributed by atoms with Crippen molar-refractivity contribution >= 4 is 23.5 Å². The quantitative estimate of drug-likeness (QED) is 0.0414. The average molecular weight is 989 g/mol. The number of Topliss-reactive ketones (excluding diaryl/α,β-unsaturated/α-hetero) is 1. The van der Waals surface area contributed by atoms with Crippen molar-refractivity contribution in [1.29, 1.82) is 0 Å². The van der Waals surface area contributed by atoms with E-state index in [2.05, 4.69) is 53.7 Å². The van der Waals surface area contributed by atoms with E-state index in [4.69, 9.17) is 0 Å². The Balaban J connectivity index is 5.36. The van der Waals surface area contributed by atoms with Crippen molar-refractivity contribution in [3.05, 3.63) is 0 Å². The molecule has 0 unspecified atom stereocenters. The van der Waals surface area contributed by atoms with Gasteiger partial charge in [0, 0.05) is 77.9 Å². The van der Waals surface area contributed by atoms with Gasteiger partial charge in [0.2, 0.25) is 17.7 Å². The third kappa shape index (κ3) is 50.9. The molecular weight excluding hydrogens is 867 g/mol. The van der Waals surface area contributed by atoms with E-state index in [1.165, 1.54) is 212 Å². The van der Waals surface area contributed by atoms with Gasteiger partial charge in [0.25, 0.3) is 0 Å². The van der Waals surface area contributed by atoms with Crippen LogP contribution in [0, 0.1) is 0 Å². The number of hydrogen-bond acceptors (Lipinski definition) is 6. The monoisotopic (exact) mass is 988 g/mol. The van der Waals surface area contributed by atoms with Gasteiger partial charge in [-0.15, -0.1) is 0 Å². The number of amides is 3. The maximum atomic E-state index is 13.3. The number of carbonyl (C=O) groups excluding carboxylic acids is 4. The second kappa shape index (κ2) is 56.3. The molecule has 0 aliphatic carbocycles. The summed E-state index contributed by atoms with van der Waals surface area (Å²) in [7, 11) is 0. The van der Waals surface area contributed by atoms with Gasteiger partial charge in [-0.1, -0.05) is 265 Å². The van der Waals surface area contributed by atoms with E-state index >= 15 is 0 Å². The Morgan fingerprint density at radius 3 is 0.686 bits per heavy atom. The number of carbonyl (C=O) groups is 4. The number of rotatable bonds is 58. The molecule has 3 amide bonds. The summed E-state index contributed by atoms with van der Waals surface area (Å²) in [6, 6.07) is 0. The second-order valence-electron chi connectivity index (χ2n) is 21.3. The van der Waals surface area contributed by atoms with Gasteiger partial charge in [-0.2, -0.15) is 0 Å². The fraction of sp³-hybridized carbons (Fsp3) is 0.934. The first kappa shape index (κ1) is 68.0. The van der Waals surface area contributed by atoms with Crippen molar-refractivity contribution in [3.8, 4) is 0 Å². The third-order valence-electron chi connectivity index (χ3n) is 14.5. The lowest BCUT2D eigenvalue weighted by Gasteiger charge is -2.35. The van der Waals surface area contributed by atoms with Crippen molar-refractivity contribution in [2.24, 2.45) is 0 Å². The van der Waals surface area contributed by atoms with Gasteiger partial charge in [0.15, 0.2) is 0 Å². The minimum atomic E-state index is 0.0214. The molecule has 0 fully saturated rings. The zero-order valence-corrected chi connectivity index (χ0v) is 47.5. The van der Waals surface area contributed by atoms with Gasteiger partial charge in [-0.05, 0) is 25.7 Å². The summed E-state index contributed by atoms with van der Waals surface area (Å²) in [4.78, 5) is 53.1. The molecule has 0 aliphatic heterocycles. The summed E-state index contributed by atoms with van der Waals surface area (Å²) < 4.78 is 0. The van der Waals surface area contributed by atoms with Crippen LogP contribution in [-0.2, 0) is 19.2 Å². The number of unbranched alkanes of at least 4 members (excludes halogenated alkanes) is 37. The van der Waals surface area contributed by atoms with E-state index in [0.29, 0.717) is 77.9 Å². The summed E-state index contributed by atoms with van der Waals surface area (Å²) in [5, 5.41) is 13.7. The molecule has 0 atom stereocenters. The molecule has 0 rings (SSSR count). The molecule has 0 aromatic carbocycles. The molecule has 9 heteroatoms. The Bertz CT molecular complexity index is 967. The molecule has 414 valence electrons. The molecule has 70 heavy (non-hydrogen) atoms. The predicted octanol–water partition coefficient (Wildman–Crippen LogP) is 16.4. The number of ketones is 1. The van der Waals surface area contributed by atoms with E-state index in [0.717, 1.165) is 51.4 Å². The van der Waals surface area contributed by atoms with E-state index in [1.54, 1.807) is 0 Å². The Kier molecular flexibility index (Phi) is 54.7. The van der Waals surface area contributed by atoms with E-state index < -0.39 is 0 Å². The maximum absolute atomic E-state index is 13.3. The zero-order chi connectivity index (χ0) is 51.1. The fourth-order valence-electron chi connectivity index (χ4n) is 9.63. The Morgan fingerprint density at radius 2 is 0.443 bits per heavy atom. The number of hydrazine groups is 1. The molecule has 0 heterocycles. The van der Waals surface area contributed by atoms with Crippen LogP contribution in [0.2, 0.25) is 0 Å². The second-order valence-corrected chi connectivity index (χ2v) is 21.3. The lowest BCUT2D eigenvalue weighted by atomic mass is 10.0. The molecule has 3 N–H and O–H groups in total. The molecule has 0 bridgehead atoms. The average Bonchev–Trinajstić information content (AvgIpc) is 3.36. The van der Waals surface area contributed by atoms with Crippen LogP contribution in [-0.4, -0.2) is 79.3 Å². The van der Waals surface area contributed by atoms with Crippen molar-refractivity contribution in [2.75, 3.05) is 45.8 Å². The van der Waals surface area contributed by atoms with Gasteiger partial charge in [-0.25, -0.2) is 10.0 Å². The maximum Gasteiger partial charge on any atom is 0.221 e. The molecule has 0 aliphatic rings. The molecule has 0 radical (unpaired) electrons. The van der Waals surface area contributed by atoms with Crippen molar-refractivity contribution in [2.45, 2.75) is 323 Å². The fourth-order valence-corrected chi connectivity index (χ4v) is 9.63. The van der Waals surface area contributed by atoms with Gasteiger partial charge in [0.05, 0.1) is 0 Å². The van der Waals surface area contributed by atoms with Crippen LogP contribution in [0.5, 0.6) is 0 Å². The molecule has 0 saturated carbocycles. The van der Waals surface area contributed by atoms with E-state index in [9.17, 15) is 19.2 Å². The number of nitrogens with one attached hydrogen (secondary N) is 3. The third-order valence-corrected chi connectivity index (χ3v) is 14.5. The van der Waals surface area contributed by atoms with Crippen molar-refractivity contribution < 1.29 is 19.2 Å². The van der Waals surface area contributed by atoms with Crippen LogP contribution in [0.4, 0.5) is 0 Å². The first-order chi connectivity index (χ1) is 34.4. The lowest BCUT2D eigenvalue weighted by molar-refractivity contribution is -0.128. The molecule has 0 aromatic rings. The van der Waals surface area contributed by atoms with E-state index in [1.807, 2.05) is 0 Å². The minimum absolute atomic E-state index is 0.0214. The van der Waals surface area contributed by atoms with Crippen LogP contribution in [0.3, 0.4) is 0 Å². The molecule has 0 aromatic heterocycles. The minimum Gasteiger partial charge on any atom is -0.356 e. The Hall–Kier alpha value is -2.00. The van der Waals surface area contributed by atoms with Crippen molar-refractivity contribution in [3.63, 3.8) is 0 Å². The topological polar surface area (TPSA) is 111 Å². The summed E-state index contributed by atoms with van der Waals surface area (Å²) in [6.07, 6.45) is 53.6. The van der Waals surface area contributed by atoms with Crippen LogP contribution in [0.1, 0.15) is 323 Å². The number of nitrogens with zero attached hydrogens (tertiary/aromatic N) is 2. The van der Waals surface area contributed by atoms with Gasteiger partial charge in [-0.3, -0.25) is 19.2 Å². The molecule has 9 nitrogen and oxygen atoms in total. The predicted molar refractivity (Wildman–Crippen MR) is 302 cm³/mol. The van der Waals surface area contributed by atoms with Crippen molar-refractivity contribution in [1.82, 2.24) is 26.0 Å². The van der Waals surface area contributed by atoms with Gasteiger partial charge < -0.3 is 16.0 Å². The first-order valence-electron chi connectivity index (χ1n) is 31.2. The highest BCUT2D eigenvalue weighted by molar-refractivity contribution is 5.78. The van der Waals surface area contributed by atoms with Gasteiger partial charge >= 0.3 is 0 Å². The number of hydrogen-bond donors (Lipinski definition) is 3. The van der Waals surface area contributed by atoms with Crippen LogP contribution >= 0.6 is 0 Å². The highest BCUT2D eigenvalue weighted by atomic mass is 16.2. The summed E-state index contributed by atoms with van der Waals surface area (Å²) in [5.41, 5.74) is 0. The standard InChI is InChI=1S/C61H121N5O4/c1-5-9-13-17-21-25-29-30-34-38-42-46-58(67)47-54-65(55-48-59(68)62-51-43-39-35-31-26-22-18-14-10-6-2)66(56-49-60(69)63-52-44-40-36-32-27-23-19-15-11-7-3)57-50-61(70)64-53-45-41-37-33-28-24-20-16-12-8-4/h5-57H2,1-4H3,(H,62,68)(H,63,69)(H,64,70). The first-order valence-corrected chi connectivity index (χ1v) is 31.2. The highest BCUT2D eigenvalue weighted by Crippen LogP contribution is 2.16.